The smallest absolute Gasteiger partial charge is 0.287 e. The number of hydrogen-bond donors (Lipinski definition) is 3. The van der Waals surface area contributed by atoms with Gasteiger partial charge in [0.2, 0.25) is 11.7 Å². The fourth-order valence-corrected chi connectivity index (χ4v) is 5.07. The van der Waals surface area contributed by atoms with E-state index in [0.717, 1.165) is 28.2 Å². The van der Waals surface area contributed by atoms with Crippen molar-refractivity contribution in [3.05, 3.63) is 70.6 Å². The van der Waals surface area contributed by atoms with E-state index in [0.29, 0.717) is 10.8 Å². The number of nitrogens with one attached hydrogen (secondary N) is 3. The van der Waals surface area contributed by atoms with Crippen LogP contribution in [0.25, 0.3) is 10.1 Å². The zero-order chi connectivity index (χ0) is 27.3. The Bertz CT molecular complexity index is 1680. The van der Waals surface area contributed by atoms with E-state index in [1.165, 1.54) is 26.1 Å². The van der Waals surface area contributed by atoms with Crippen LogP contribution in [0.15, 0.2) is 30.3 Å². The highest BCUT2D eigenvalue weighted by Crippen LogP contribution is 2.42. The number of carbonyl (C=O) groups excluding carboxylic acids is 4. The molecule has 1 aliphatic rings. The van der Waals surface area contributed by atoms with Gasteiger partial charge in [0, 0.05) is 24.1 Å². The average Bonchev–Trinajstić information content (AvgIpc) is 3.51. The zero-order valence-electron chi connectivity index (χ0n) is 19.7. The van der Waals surface area contributed by atoms with Crippen LogP contribution in [0.5, 0.6) is 0 Å². The van der Waals surface area contributed by atoms with Crippen molar-refractivity contribution in [1.82, 2.24) is 19.2 Å². The molecule has 0 saturated carbocycles. The number of anilines is 2. The molecule has 2 aromatic heterocycles. The fraction of sp³-hybridized carbons (Fsp3) is 0.167. The fourth-order valence-electron chi connectivity index (χ4n) is 4.32. The molecule has 0 radical (unpaired) electrons. The molecule has 1 atom stereocenters. The number of fused-ring (bicyclic) bond motifs is 2. The van der Waals surface area contributed by atoms with Crippen molar-refractivity contribution >= 4 is 56.6 Å². The van der Waals surface area contributed by atoms with E-state index < -0.39 is 53.4 Å². The van der Waals surface area contributed by atoms with Crippen molar-refractivity contribution in [2.45, 2.75) is 19.4 Å². The number of rotatable bonds is 6. The van der Waals surface area contributed by atoms with E-state index in [2.05, 4.69) is 25.3 Å². The topological polar surface area (TPSA) is 135 Å². The lowest BCUT2D eigenvalue weighted by molar-refractivity contribution is -0.118. The number of nitrogens with zero attached hydrogens (tertiary/aromatic N) is 3. The Labute approximate surface area is 216 Å². The highest BCUT2D eigenvalue weighted by Gasteiger charge is 2.41. The summed E-state index contributed by atoms with van der Waals surface area (Å²) in [7, 11) is 1.31. The van der Waals surface area contributed by atoms with Crippen LogP contribution in [0.4, 0.5) is 24.7 Å². The summed E-state index contributed by atoms with van der Waals surface area (Å²) in [6, 6.07) is 5.34. The van der Waals surface area contributed by atoms with Crippen molar-refractivity contribution in [2.75, 3.05) is 17.7 Å². The van der Waals surface area contributed by atoms with Crippen molar-refractivity contribution in [3.8, 4) is 0 Å². The number of ketones is 1. The van der Waals surface area contributed by atoms with Gasteiger partial charge in [-0.05, 0) is 42.7 Å². The Kier molecular flexibility index (Phi) is 6.18. The predicted molar refractivity (Wildman–Crippen MR) is 131 cm³/mol. The minimum Gasteiger partial charge on any atom is -0.352 e. The molecule has 3 N–H and O–H groups in total. The molecular formula is C24H17F3N6O4S. The molecule has 0 aliphatic carbocycles. The van der Waals surface area contributed by atoms with Crippen molar-refractivity contribution in [1.29, 1.82) is 0 Å². The van der Waals surface area contributed by atoms with E-state index in [9.17, 15) is 32.3 Å². The Morgan fingerprint density at radius 3 is 2.58 bits per heavy atom. The minimum atomic E-state index is -1.44. The van der Waals surface area contributed by atoms with Gasteiger partial charge in [0.05, 0.1) is 22.6 Å². The molecule has 14 heteroatoms. The van der Waals surface area contributed by atoms with Gasteiger partial charge in [-0.1, -0.05) is 0 Å². The number of imidazole rings is 1. The van der Waals surface area contributed by atoms with Crippen molar-refractivity contribution in [2.24, 2.45) is 0 Å². The van der Waals surface area contributed by atoms with E-state index in [1.807, 2.05) is 0 Å². The maximum absolute atomic E-state index is 14.5. The summed E-state index contributed by atoms with van der Waals surface area (Å²) in [6.45, 7) is 0.788. The molecule has 0 fully saturated rings. The summed E-state index contributed by atoms with van der Waals surface area (Å²) in [5.41, 5.74) is -0.695. The lowest BCUT2D eigenvalue weighted by atomic mass is 9.96. The second-order valence-corrected chi connectivity index (χ2v) is 9.24. The quantitative estimate of drug-likeness (QED) is 0.343. The van der Waals surface area contributed by atoms with Gasteiger partial charge >= 0.3 is 0 Å². The van der Waals surface area contributed by atoms with Crippen LogP contribution in [0, 0.1) is 17.5 Å². The maximum atomic E-state index is 14.5. The molecule has 0 spiro atoms. The Hall–Kier alpha value is -4.59. The second kappa shape index (κ2) is 9.37. The minimum absolute atomic E-state index is 0.114. The van der Waals surface area contributed by atoms with Crippen LogP contribution in [0.3, 0.4) is 0 Å². The van der Waals surface area contributed by atoms with Gasteiger partial charge < -0.3 is 20.5 Å². The lowest BCUT2D eigenvalue weighted by Crippen LogP contribution is -2.26. The summed E-state index contributed by atoms with van der Waals surface area (Å²) in [5, 5.41) is 7.41. The standard InChI is InChI=1S/C24H17F3N6O4S/c1-9(34)8-33-19(16-13-6-11(26)7-14(27)17(13)29-22(16)35)20(30-21(33)24(37)28-2)31-23(36)18-12-5-10(25)3-4-15(12)38-32-18/h3-7,16H,8H2,1-2H3,(H,28,37)(H,29,35)(H,31,36). The highest BCUT2D eigenvalue weighted by atomic mass is 32.1. The zero-order valence-corrected chi connectivity index (χ0v) is 20.5. The van der Waals surface area contributed by atoms with Crippen LogP contribution in [-0.4, -0.2) is 44.5 Å². The molecule has 10 nitrogen and oxygen atoms in total. The van der Waals surface area contributed by atoms with Gasteiger partial charge in [0.25, 0.3) is 11.8 Å². The summed E-state index contributed by atoms with van der Waals surface area (Å²) in [6.07, 6.45) is 0. The molecule has 2 aromatic carbocycles. The Balaban J connectivity index is 1.70. The average molecular weight is 542 g/mol. The maximum Gasteiger partial charge on any atom is 0.287 e. The van der Waals surface area contributed by atoms with Gasteiger partial charge in [-0.25, -0.2) is 18.2 Å². The Morgan fingerprint density at radius 2 is 1.87 bits per heavy atom. The van der Waals surface area contributed by atoms with Crippen molar-refractivity contribution in [3.63, 3.8) is 0 Å². The van der Waals surface area contributed by atoms with Crippen LogP contribution >= 0.6 is 11.5 Å². The molecule has 1 unspecified atom stereocenters. The van der Waals surface area contributed by atoms with Gasteiger partial charge in [-0.2, -0.15) is 4.37 Å². The normalized spacial score (nSPS) is 14.3. The molecule has 5 rings (SSSR count). The third-order valence-corrected chi connectivity index (χ3v) is 6.70. The molecule has 3 heterocycles. The van der Waals surface area contributed by atoms with Gasteiger partial charge in [-0.3, -0.25) is 19.2 Å². The van der Waals surface area contributed by atoms with Crippen LogP contribution < -0.4 is 16.0 Å². The van der Waals surface area contributed by atoms with Gasteiger partial charge in [0.15, 0.2) is 5.82 Å². The number of aromatic nitrogens is 3. The van der Waals surface area contributed by atoms with E-state index in [4.69, 9.17) is 0 Å². The van der Waals surface area contributed by atoms with Crippen molar-refractivity contribution < 1.29 is 32.3 Å². The number of carbonyl (C=O) groups is 4. The summed E-state index contributed by atoms with van der Waals surface area (Å²) >= 11 is 0.951. The van der Waals surface area contributed by atoms with Crippen LogP contribution in [-0.2, 0) is 16.1 Å². The first-order chi connectivity index (χ1) is 18.1. The molecule has 1 aliphatic heterocycles. The predicted octanol–water partition coefficient (Wildman–Crippen LogP) is 3.20. The number of benzene rings is 2. The van der Waals surface area contributed by atoms with Crippen LogP contribution in [0.1, 0.15) is 45.2 Å². The van der Waals surface area contributed by atoms with Gasteiger partial charge in [-0.15, -0.1) is 0 Å². The number of amides is 3. The molecule has 38 heavy (non-hydrogen) atoms. The largest absolute Gasteiger partial charge is 0.352 e. The molecule has 4 aromatic rings. The Morgan fingerprint density at radius 1 is 1.11 bits per heavy atom. The highest BCUT2D eigenvalue weighted by molar-refractivity contribution is 7.13. The van der Waals surface area contributed by atoms with Crippen LogP contribution in [0.2, 0.25) is 0 Å². The summed E-state index contributed by atoms with van der Waals surface area (Å²) in [4.78, 5) is 55.3. The molecular weight excluding hydrogens is 525 g/mol. The SMILES string of the molecule is CNC(=O)c1nc(NC(=O)c2nsc3ccc(F)cc23)c(C2C(=O)Nc3c(F)cc(F)cc32)n1CC(C)=O. The molecule has 0 saturated heterocycles. The van der Waals surface area contributed by atoms with E-state index in [-0.39, 0.29) is 39.7 Å². The molecule has 0 bridgehead atoms. The second-order valence-electron chi connectivity index (χ2n) is 8.44. The van der Waals surface area contributed by atoms with Gasteiger partial charge in [0.1, 0.15) is 34.8 Å². The number of Topliss-reactive ketones (excluding diaryl/α,β-unsaturated/α-hetero) is 1. The lowest BCUT2D eigenvalue weighted by Gasteiger charge is -2.16. The third kappa shape index (κ3) is 4.18. The van der Waals surface area contributed by atoms with E-state index >= 15 is 0 Å². The molecule has 3 amide bonds. The number of hydrogen-bond acceptors (Lipinski definition) is 7. The summed E-state index contributed by atoms with van der Waals surface area (Å²) in [5.74, 6) is -7.50. The first-order valence-electron chi connectivity index (χ1n) is 11.1. The first kappa shape index (κ1) is 25.1. The number of halogens is 3. The third-order valence-electron chi connectivity index (χ3n) is 5.88. The first-order valence-corrected chi connectivity index (χ1v) is 11.8. The van der Waals surface area contributed by atoms with E-state index in [1.54, 1.807) is 0 Å². The molecule has 194 valence electrons. The monoisotopic (exact) mass is 542 g/mol. The summed E-state index contributed by atoms with van der Waals surface area (Å²) < 4.78 is 48.2.